The fraction of sp³-hybridized carbons (Fsp3) is 0.130. The Morgan fingerprint density at radius 2 is 1.69 bits per heavy atom. The number of methoxy groups -OCH3 is 2. The number of ether oxygens (including phenoxy) is 3. The number of hydrogen-bond donors (Lipinski definition) is 1. The first kappa shape index (κ1) is 19.9. The lowest BCUT2D eigenvalue weighted by molar-refractivity contribution is 0.0955. The average Bonchev–Trinajstić information content (AvgIpc) is 2.78. The van der Waals surface area contributed by atoms with E-state index in [1.54, 1.807) is 50.8 Å². The number of hydrogen-bond acceptors (Lipinski definition) is 5. The maximum absolute atomic E-state index is 12.2. The maximum Gasteiger partial charge on any atom is 0.271 e. The Balaban J connectivity index is 1.64. The van der Waals surface area contributed by atoms with Crippen molar-refractivity contribution in [3.05, 3.63) is 89.5 Å². The van der Waals surface area contributed by atoms with Crippen molar-refractivity contribution in [3.63, 3.8) is 0 Å². The van der Waals surface area contributed by atoms with Crippen LogP contribution in [0.1, 0.15) is 21.5 Å². The van der Waals surface area contributed by atoms with Gasteiger partial charge in [-0.1, -0.05) is 30.3 Å². The normalized spacial score (nSPS) is 10.6. The van der Waals surface area contributed by atoms with E-state index in [-0.39, 0.29) is 5.91 Å². The third-order valence-electron chi connectivity index (χ3n) is 4.16. The SMILES string of the molecule is COc1ccc(C(=O)N/N=C\c2ccc(OC)c(OCc3ccccc3)c2)cc1. The number of nitrogens with one attached hydrogen (secondary N) is 1. The molecule has 3 aromatic carbocycles. The minimum atomic E-state index is -0.307. The van der Waals surface area contributed by atoms with Crippen molar-refractivity contribution in [2.75, 3.05) is 14.2 Å². The largest absolute Gasteiger partial charge is 0.497 e. The standard InChI is InChI=1S/C23H22N2O4/c1-27-20-11-9-19(10-12-20)23(26)25-24-15-18-8-13-21(28-2)22(14-18)29-16-17-6-4-3-5-7-17/h3-15H,16H2,1-2H3,(H,25,26)/b24-15-. The molecule has 0 aliphatic heterocycles. The van der Waals surface area contributed by atoms with Crippen LogP contribution in [0.3, 0.4) is 0 Å². The smallest absolute Gasteiger partial charge is 0.271 e. The third kappa shape index (κ3) is 5.59. The molecule has 0 heterocycles. The summed E-state index contributed by atoms with van der Waals surface area (Å²) in [6.45, 7) is 0.423. The summed E-state index contributed by atoms with van der Waals surface area (Å²) in [6.07, 6.45) is 1.55. The molecule has 0 aromatic heterocycles. The lowest BCUT2D eigenvalue weighted by atomic mass is 10.2. The Morgan fingerprint density at radius 3 is 2.38 bits per heavy atom. The summed E-state index contributed by atoms with van der Waals surface area (Å²) in [5.41, 5.74) is 4.82. The molecular weight excluding hydrogens is 368 g/mol. The van der Waals surface area contributed by atoms with Crippen LogP contribution >= 0.6 is 0 Å². The average molecular weight is 390 g/mol. The Kier molecular flexibility index (Phi) is 6.84. The van der Waals surface area contributed by atoms with Gasteiger partial charge in [-0.05, 0) is 53.6 Å². The van der Waals surface area contributed by atoms with Crippen LogP contribution in [0.2, 0.25) is 0 Å². The first-order chi connectivity index (χ1) is 14.2. The highest BCUT2D eigenvalue weighted by Crippen LogP contribution is 2.28. The van der Waals surface area contributed by atoms with Crippen molar-refractivity contribution in [1.29, 1.82) is 0 Å². The Labute approximate surface area is 169 Å². The van der Waals surface area contributed by atoms with Crippen molar-refractivity contribution in [2.45, 2.75) is 6.61 Å². The van der Waals surface area contributed by atoms with Crippen LogP contribution in [0.5, 0.6) is 17.2 Å². The van der Waals surface area contributed by atoms with Crippen molar-refractivity contribution < 1.29 is 19.0 Å². The van der Waals surface area contributed by atoms with Crippen LogP contribution in [0.25, 0.3) is 0 Å². The van der Waals surface area contributed by atoms with E-state index in [0.29, 0.717) is 29.4 Å². The zero-order valence-electron chi connectivity index (χ0n) is 16.3. The molecule has 0 radical (unpaired) electrons. The first-order valence-electron chi connectivity index (χ1n) is 9.02. The number of nitrogens with zero attached hydrogens (tertiary/aromatic N) is 1. The van der Waals surface area contributed by atoms with Crippen LogP contribution < -0.4 is 19.6 Å². The van der Waals surface area contributed by atoms with Gasteiger partial charge in [0.2, 0.25) is 0 Å². The second kappa shape index (κ2) is 9.94. The van der Waals surface area contributed by atoms with E-state index >= 15 is 0 Å². The number of amides is 1. The summed E-state index contributed by atoms with van der Waals surface area (Å²) < 4.78 is 16.3. The van der Waals surface area contributed by atoms with E-state index < -0.39 is 0 Å². The number of carbonyl (C=O) groups excluding carboxylic acids is 1. The Bertz CT molecular complexity index is 970. The van der Waals surface area contributed by atoms with E-state index in [4.69, 9.17) is 14.2 Å². The molecule has 29 heavy (non-hydrogen) atoms. The summed E-state index contributed by atoms with van der Waals surface area (Å²) in [6, 6.07) is 22.1. The molecule has 1 amide bonds. The Hall–Kier alpha value is -3.80. The lowest BCUT2D eigenvalue weighted by Gasteiger charge is -2.11. The number of carbonyl (C=O) groups is 1. The molecular formula is C23H22N2O4. The molecule has 3 rings (SSSR count). The zero-order valence-corrected chi connectivity index (χ0v) is 16.3. The van der Waals surface area contributed by atoms with Gasteiger partial charge in [0, 0.05) is 5.56 Å². The summed E-state index contributed by atoms with van der Waals surface area (Å²) >= 11 is 0. The van der Waals surface area contributed by atoms with Crippen molar-refractivity contribution in [3.8, 4) is 17.2 Å². The fourth-order valence-electron chi connectivity index (χ4n) is 2.59. The van der Waals surface area contributed by atoms with Crippen LogP contribution in [-0.2, 0) is 6.61 Å². The van der Waals surface area contributed by atoms with E-state index in [1.807, 2.05) is 42.5 Å². The molecule has 6 nitrogen and oxygen atoms in total. The zero-order chi connectivity index (χ0) is 20.5. The molecule has 0 saturated heterocycles. The molecule has 0 fully saturated rings. The Morgan fingerprint density at radius 1 is 0.931 bits per heavy atom. The molecule has 0 atom stereocenters. The highest BCUT2D eigenvalue weighted by atomic mass is 16.5. The van der Waals surface area contributed by atoms with Gasteiger partial charge in [-0.15, -0.1) is 0 Å². The van der Waals surface area contributed by atoms with E-state index in [1.165, 1.54) is 0 Å². The minimum Gasteiger partial charge on any atom is -0.497 e. The van der Waals surface area contributed by atoms with Crippen LogP contribution in [0.15, 0.2) is 77.9 Å². The van der Waals surface area contributed by atoms with Gasteiger partial charge < -0.3 is 14.2 Å². The van der Waals surface area contributed by atoms with Crippen LogP contribution in [-0.4, -0.2) is 26.3 Å². The van der Waals surface area contributed by atoms with E-state index in [2.05, 4.69) is 10.5 Å². The van der Waals surface area contributed by atoms with Crippen molar-refractivity contribution in [2.24, 2.45) is 5.10 Å². The molecule has 0 spiro atoms. The van der Waals surface area contributed by atoms with Crippen molar-refractivity contribution >= 4 is 12.1 Å². The van der Waals surface area contributed by atoms with Gasteiger partial charge in [0.15, 0.2) is 11.5 Å². The topological polar surface area (TPSA) is 69.2 Å². The van der Waals surface area contributed by atoms with Gasteiger partial charge in [-0.25, -0.2) is 5.43 Å². The summed E-state index contributed by atoms with van der Waals surface area (Å²) in [4.78, 5) is 12.2. The molecule has 6 heteroatoms. The summed E-state index contributed by atoms with van der Waals surface area (Å²) in [7, 11) is 3.17. The predicted molar refractivity (Wildman–Crippen MR) is 112 cm³/mol. The van der Waals surface area contributed by atoms with Gasteiger partial charge >= 0.3 is 0 Å². The highest BCUT2D eigenvalue weighted by molar-refractivity contribution is 5.95. The number of rotatable bonds is 8. The minimum absolute atomic E-state index is 0.307. The maximum atomic E-state index is 12.2. The van der Waals surface area contributed by atoms with Gasteiger partial charge in [0.25, 0.3) is 5.91 Å². The molecule has 0 unspecified atom stereocenters. The van der Waals surface area contributed by atoms with Gasteiger partial charge in [-0.2, -0.15) is 5.10 Å². The van der Waals surface area contributed by atoms with Gasteiger partial charge in [0.05, 0.1) is 20.4 Å². The van der Waals surface area contributed by atoms with Crippen LogP contribution in [0, 0.1) is 0 Å². The fourth-order valence-corrected chi connectivity index (χ4v) is 2.59. The van der Waals surface area contributed by atoms with Gasteiger partial charge in [0.1, 0.15) is 12.4 Å². The second-order valence-corrected chi connectivity index (χ2v) is 6.11. The van der Waals surface area contributed by atoms with E-state index in [0.717, 1.165) is 11.1 Å². The van der Waals surface area contributed by atoms with Crippen molar-refractivity contribution in [1.82, 2.24) is 5.43 Å². The summed E-state index contributed by atoms with van der Waals surface area (Å²) in [5.74, 6) is 1.60. The number of benzene rings is 3. The lowest BCUT2D eigenvalue weighted by Crippen LogP contribution is -2.17. The molecule has 1 N–H and O–H groups in total. The molecule has 148 valence electrons. The highest BCUT2D eigenvalue weighted by Gasteiger charge is 2.07. The quantitative estimate of drug-likeness (QED) is 0.465. The monoisotopic (exact) mass is 390 g/mol. The molecule has 0 aliphatic carbocycles. The first-order valence-corrected chi connectivity index (χ1v) is 9.02. The predicted octanol–water partition coefficient (Wildman–Crippen LogP) is 4.05. The molecule has 0 bridgehead atoms. The second-order valence-electron chi connectivity index (χ2n) is 6.11. The van der Waals surface area contributed by atoms with Crippen LogP contribution in [0.4, 0.5) is 0 Å². The molecule has 3 aromatic rings. The third-order valence-corrected chi connectivity index (χ3v) is 4.16. The van der Waals surface area contributed by atoms with E-state index in [9.17, 15) is 4.79 Å². The molecule has 0 aliphatic rings. The number of hydrazone groups is 1. The van der Waals surface area contributed by atoms with Gasteiger partial charge in [-0.3, -0.25) is 4.79 Å². The molecule has 0 saturated carbocycles. The summed E-state index contributed by atoms with van der Waals surface area (Å²) in [5, 5.41) is 4.02.